The summed E-state index contributed by atoms with van der Waals surface area (Å²) in [4.78, 5) is 12.2. The number of tetrazole rings is 1. The summed E-state index contributed by atoms with van der Waals surface area (Å²) in [6.45, 7) is 4.11. The van der Waals surface area contributed by atoms with E-state index in [1.165, 1.54) is 22.9 Å². The van der Waals surface area contributed by atoms with Crippen LogP contribution in [0.5, 0.6) is 0 Å². The predicted octanol–water partition coefficient (Wildman–Crippen LogP) is 3.25. The van der Waals surface area contributed by atoms with Gasteiger partial charge in [0.15, 0.2) is 5.78 Å². The molecule has 0 aliphatic rings. The first kappa shape index (κ1) is 15.4. The molecule has 0 fully saturated rings. The molecule has 5 nitrogen and oxygen atoms in total. The molecule has 0 aliphatic heterocycles. The highest BCUT2D eigenvalue weighted by Gasteiger charge is 2.13. The third kappa shape index (κ3) is 3.48. The monoisotopic (exact) mass is 324 g/mol. The number of benzene rings is 2. The Morgan fingerprint density at radius 3 is 2.61 bits per heavy atom. The second kappa shape index (κ2) is 6.75. The van der Waals surface area contributed by atoms with Gasteiger partial charge in [-0.25, -0.2) is 0 Å². The molecule has 23 heavy (non-hydrogen) atoms. The van der Waals surface area contributed by atoms with Gasteiger partial charge in [0.2, 0.25) is 5.16 Å². The lowest BCUT2D eigenvalue weighted by molar-refractivity contribution is 0.102. The van der Waals surface area contributed by atoms with E-state index in [0.29, 0.717) is 16.5 Å². The van der Waals surface area contributed by atoms with Crippen molar-refractivity contribution >= 4 is 17.5 Å². The van der Waals surface area contributed by atoms with Crippen LogP contribution in [0.25, 0.3) is 5.69 Å². The molecular formula is C17H16N4OS. The Balaban J connectivity index is 1.76. The summed E-state index contributed by atoms with van der Waals surface area (Å²) in [5, 5.41) is 12.4. The molecule has 6 heteroatoms. The first-order valence-electron chi connectivity index (χ1n) is 7.22. The number of nitrogens with zero attached hydrogens (tertiary/aromatic N) is 4. The smallest absolute Gasteiger partial charge is 0.214 e. The van der Waals surface area contributed by atoms with E-state index < -0.39 is 0 Å². The lowest BCUT2D eigenvalue weighted by Gasteiger charge is -2.06. The van der Waals surface area contributed by atoms with Gasteiger partial charge in [-0.2, -0.15) is 4.68 Å². The first-order chi connectivity index (χ1) is 11.1. The van der Waals surface area contributed by atoms with E-state index in [0.717, 1.165) is 5.69 Å². The molecule has 0 bridgehead atoms. The van der Waals surface area contributed by atoms with Gasteiger partial charge in [0, 0.05) is 5.56 Å². The standard InChI is InChI=1S/C17H16N4OS/c1-12-8-9-15(10-13(12)2)21-17(18-19-20-21)23-11-16(22)14-6-4-3-5-7-14/h3-10H,11H2,1-2H3. The van der Waals surface area contributed by atoms with Crippen molar-refractivity contribution in [3.8, 4) is 5.69 Å². The number of hydrogen-bond donors (Lipinski definition) is 0. The summed E-state index contributed by atoms with van der Waals surface area (Å²) in [6, 6.07) is 15.3. The van der Waals surface area contributed by atoms with Crippen molar-refractivity contribution < 1.29 is 4.79 Å². The van der Waals surface area contributed by atoms with Crippen molar-refractivity contribution in [2.45, 2.75) is 19.0 Å². The molecule has 0 spiro atoms. The topological polar surface area (TPSA) is 60.7 Å². The zero-order chi connectivity index (χ0) is 16.2. The van der Waals surface area contributed by atoms with E-state index >= 15 is 0 Å². The van der Waals surface area contributed by atoms with Crippen LogP contribution in [0.1, 0.15) is 21.5 Å². The molecule has 3 rings (SSSR count). The van der Waals surface area contributed by atoms with Gasteiger partial charge in [0.25, 0.3) is 0 Å². The number of ketones is 1. The summed E-state index contributed by atoms with van der Waals surface area (Å²) < 4.78 is 1.66. The Hall–Kier alpha value is -2.47. The molecule has 116 valence electrons. The molecule has 0 saturated carbocycles. The second-order valence-electron chi connectivity index (χ2n) is 5.22. The lowest BCUT2D eigenvalue weighted by atomic mass is 10.1. The van der Waals surface area contributed by atoms with Gasteiger partial charge in [-0.1, -0.05) is 48.2 Å². The Bertz CT molecular complexity index is 830. The third-order valence-electron chi connectivity index (χ3n) is 3.60. The van der Waals surface area contributed by atoms with Crippen molar-refractivity contribution in [1.82, 2.24) is 20.2 Å². The van der Waals surface area contributed by atoms with Gasteiger partial charge in [-0.05, 0) is 47.5 Å². The number of carbonyl (C=O) groups is 1. The highest BCUT2D eigenvalue weighted by Crippen LogP contribution is 2.21. The van der Waals surface area contributed by atoms with Crippen molar-refractivity contribution in [1.29, 1.82) is 0 Å². The normalized spacial score (nSPS) is 10.7. The Morgan fingerprint density at radius 2 is 1.87 bits per heavy atom. The minimum Gasteiger partial charge on any atom is -0.293 e. The van der Waals surface area contributed by atoms with Gasteiger partial charge in [-0.3, -0.25) is 4.79 Å². The number of rotatable bonds is 5. The zero-order valence-corrected chi connectivity index (χ0v) is 13.7. The fourth-order valence-electron chi connectivity index (χ4n) is 2.13. The average molecular weight is 324 g/mol. The van der Waals surface area contributed by atoms with E-state index in [9.17, 15) is 4.79 Å². The molecule has 0 N–H and O–H groups in total. The summed E-state index contributed by atoms with van der Waals surface area (Å²) in [7, 11) is 0. The van der Waals surface area contributed by atoms with E-state index in [4.69, 9.17) is 0 Å². The van der Waals surface area contributed by atoms with Crippen LogP contribution in [0, 0.1) is 13.8 Å². The molecular weight excluding hydrogens is 308 g/mol. The van der Waals surface area contributed by atoms with Crippen LogP contribution in [0.4, 0.5) is 0 Å². The van der Waals surface area contributed by atoms with Gasteiger partial charge < -0.3 is 0 Å². The Kier molecular flexibility index (Phi) is 4.52. The fourth-order valence-corrected chi connectivity index (χ4v) is 2.91. The van der Waals surface area contributed by atoms with Crippen molar-refractivity contribution in [3.05, 3.63) is 65.2 Å². The summed E-state index contributed by atoms with van der Waals surface area (Å²) >= 11 is 1.34. The predicted molar refractivity (Wildman–Crippen MR) is 90.1 cm³/mol. The number of aryl methyl sites for hydroxylation is 2. The molecule has 1 heterocycles. The fraction of sp³-hybridized carbons (Fsp3) is 0.176. The quantitative estimate of drug-likeness (QED) is 0.532. The zero-order valence-electron chi connectivity index (χ0n) is 12.9. The van der Waals surface area contributed by atoms with Crippen LogP contribution in [0.15, 0.2) is 53.7 Å². The van der Waals surface area contributed by atoms with Crippen LogP contribution in [-0.4, -0.2) is 31.7 Å². The van der Waals surface area contributed by atoms with Gasteiger partial charge in [-0.15, -0.1) is 5.10 Å². The SMILES string of the molecule is Cc1ccc(-n2nnnc2SCC(=O)c2ccccc2)cc1C. The van der Waals surface area contributed by atoms with Crippen molar-refractivity contribution in [3.63, 3.8) is 0 Å². The molecule has 3 aromatic rings. The molecule has 0 saturated heterocycles. The summed E-state index contributed by atoms with van der Waals surface area (Å²) in [5.74, 6) is 0.361. The second-order valence-corrected chi connectivity index (χ2v) is 6.16. The van der Waals surface area contributed by atoms with E-state index in [1.807, 2.05) is 48.5 Å². The first-order valence-corrected chi connectivity index (χ1v) is 8.21. The van der Waals surface area contributed by atoms with E-state index in [-0.39, 0.29) is 5.78 Å². The lowest BCUT2D eigenvalue weighted by Crippen LogP contribution is -2.05. The van der Waals surface area contributed by atoms with Crippen LogP contribution in [-0.2, 0) is 0 Å². The molecule has 0 atom stereocenters. The van der Waals surface area contributed by atoms with Gasteiger partial charge in [0.1, 0.15) is 0 Å². The largest absolute Gasteiger partial charge is 0.293 e. The number of hydrogen-bond acceptors (Lipinski definition) is 5. The molecule has 1 aromatic heterocycles. The van der Waals surface area contributed by atoms with Gasteiger partial charge in [0.05, 0.1) is 11.4 Å². The highest BCUT2D eigenvalue weighted by atomic mass is 32.2. The summed E-state index contributed by atoms with van der Waals surface area (Å²) in [6.07, 6.45) is 0. The maximum absolute atomic E-state index is 12.2. The Labute approximate surface area is 138 Å². The summed E-state index contributed by atoms with van der Waals surface area (Å²) in [5.41, 5.74) is 3.99. The van der Waals surface area contributed by atoms with Crippen LogP contribution in [0.2, 0.25) is 0 Å². The molecule has 0 amide bonds. The minimum atomic E-state index is 0.0604. The van der Waals surface area contributed by atoms with Crippen molar-refractivity contribution in [2.24, 2.45) is 0 Å². The van der Waals surface area contributed by atoms with Crippen molar-refractivity contribution in [2.75, 3.05) is 5.75 Å². The van der Waals surface area contributed by atoms with E-state index in [2.05, 4.69) is 29.4 Å². The van der Waals surface area contributed by atoms with E-state index in [1.54, 1.807) is 4.68 Å². The van der Waals surface area contributed by atoms with Crippen LogP contribution in [0.3, 0.4) is 0 Å². The number of aromatic nitrogens is 4. The average Bonchev–Trinajstić information content (AvgIpc) is 3.04. The highest BCUT2D eigenvalue weighted by molar-refractivity contribution is 7.99. The van der Waals surface area contributed by atoms with Gasteiger partial charge >= 0.3 is 0 Å². The van der Waals surface area contributed by atoms with Crippen LogP contribution >= 0.6 is 11.8 Å². The maximum Gasteiger partial charge on any atom is 0.214 e. The number of carbonyl (C=O) groups excluding carboxylic acids is 1. The third-order valence-corrected chi connectivity index (χ3v) is 4.52. The number of Topliss-reactive ketones (excluding diaryl/α,β-unsaturated/α-hetero) is 1. The maximum atomic E-state index is 12.2. The molecule has 0 aliphatic carbocycles. The molecule has 0 radical (unpaired) electrons. The Morgan fingerprint density at radius 1 is 1.09 bits per heavy atom. The minimum absolute atomic E-state index is 0.0604. The molecule has 2 aromatic carbocycles. The number of thioether (sulfide) groups is 1. The van der Waals surface area contributed by atoms with Crippen LogP contribution < -0.4 is 0 Å². The molecule has 0 unspecified atom stereocenters.